The monoisotopic (exact) mass is 366 g/mol. The lowest BCUT2D eigenvalue weighted by atomic mass is 9.84. The third-order valence-electron chi connectivity index (χ3n) is 6.68. The van der Waals surface area contributed by atoms with Crippen LogP contribution in [-0.4, -0.2) is 29.8 Å². The number of allylic oxidation sites excluding steroid dienone is 2. The zero-order chi connectivity index (χ0) is 18.8. The standard InChI is InChI=1S/C23H30N2O2/c1-25(15-16-5-3-2-4-6-16)23(27)18-9-11-20(12-10-18)24-22(26)21-14-17-7-8-19(21)13-17/h2-8,17-21H,9-15H2,1H3,(H,24,26)/t17-,18?,19+,20?,21+/m1/s1. The molecule has 1 aromatic carbocycles. The van der Waals surface area contributed by atoms with Gasteiger partial charge < -0.3 is 10.2 Å². The van der Waals surface area contributed by atoms with Gasteiger partial charge in [-0.15, -0.1) is 0 Å². The lowest BCUT2D eigenvalue weighted by Crippen LogP contribution is -2.43. The van der Waals surface area contributed by atoms with E-state index in [-0.39, 0.29) is 29.7 Å². The van der Waals surface area contributed by atoms with Crippen molar-refractivity contribution in [1.82, 2.24) is 10.2 Å². The van der Waals surface area contributed by atoms with E-state index in [4.69, 9.17) is 0 Å². The van der Waals surface area contributed by atoms with Crippen molar-refractivity contribution in [3.05, 3.63) is 48.0 Å². The number of carbonyl (C=O) groups is 2. The molecule has 0 radical (unpaired) electrons. The Kier molecular flexibility index (Phi) is 5.33. The Morgan fingerprint density at radius 3 is 2.41 bits per heavy atom. The molecule has 27 heavy (non-hydrogen) atoms. The second-order valence-corrected chi connectivity index (χ2v) is 8.62. The van der Waals surface area contributed by atoms with E-state index in [9.17, 15) is 9.59 Å². The average Bonchev–Trinajstić information content (AvgIpc) is 3.32. The van der Waals surface area contributed by atoms with E-state index in [1.54, 1.807) is 0 Å². The summed E-state index contributed by atoms with van der Waals surface area (Å²) in [5, 5.41) is 3.28. The smallest absolute Gasteiger partial charge is 0.225 e. The Labute approximate surface area is 162 Å². The van der Waals surface area contributed by atoms with Gasteiger partial charge in [0.15, 0.2) is 0 Å². The summed E-state index contributed by atoms with van der Waals surface area (Å²) in [6.45, 7) is 0.661. The minimum atomic E-state index is 0.0947. The van der Waals surface area contributed by atoms with Gasteiger partial charge in [0.1, 0.15) is 0 Å². The first-order chi connectivity index (χ1) is 13.1. The number of nitrogens with zero attached hydrogens (tertiary/aromatic N) is 1. The lowest BCUT2D eigenvalue weighted by Gasteiger charge is -2.32. The first kappa shape index (κ1) is 18.3. The summed E-state index contributed by atoms with van der Waals surface area (Å²) in [5.74, 6) is 1.83. The molecule has 0 unspecified atom stereocenters. The fraction of sp³-hybridized carbons (Fsp3) is 0.565. The zero-order valence-electron chi connectivity index (χ0n) is 16.1. The molecule has 3 aliphatic rings. The van der Waals surface area contributed by atoms with Crippen molar-refractivity contribution in [3.8, 4) is 0 Å². The zero-order valence-corrected chi connectivity index (χ0v) is 16.1. The van der Waals surface area contributed by atoms with Crippen molar-refractivity contribution in [3.63, 3.8) is 0 Å². The van der Waals surface area contributed by atoms with Crippen LogP contribution in [-0.2, 0) is 16.1 Å². The summed E-state index contributed by atoms with van der Waals surface area (Å²) in [7, 11) is 1.89. The summed E-state index contributed by atoms with van der Waals surface area (Å²) in [4.78, 5) is 27.2. The van der Waals surface area contributed by atoms with Gasteiger partial charge in [0, 0.05) is 31.5 Å². The largest absolute Gasteiger partial charge is 0.353 e. The SMILES string of the molecule is CN(Cc1ccccc1)C(=O)C1CCC(NC(=O)[C@H]2C[C@@H]3C=C[C@H]2C3)CC1. The number of hydrogen-bond acceptors (Lipinski definition) is 2. The summed E-state index contributed by atoms with van der Waals surface area (Å²) >= 11 is 0. The third-order valence-corrected chi connectivity index (χ3v) is 6.68. The first-order valence-electron chi connectivity index (χ1n) is 10.4. The molecule has 4 nitrogen and oxygen atoms in total. The van der Waals surface area contributed by atoms with Crippen LogP contribution in [0.4, 0.5) is 0 Å². The van der Waals surface area contributed by atoms with Crippen molar-refractivity contribution in [1.29, 1.82) is 0 Å². The molecule has 4 rings (SSSR count). The maximum Gasteiger partial charge on any atom is 0.225 e. The topological polar surface area (TPSA) is 49.4 Å². The van der Waals surface area contributed by atoms with E-state index in [1.807, 2.05) is 30.1 Å². The fourth-order valence-electron chi connectivity index (χ4n) is 5.12. The highest BCUT2D eigenvalue weighted by Gasteiger charge is 2.40. The normalized spacial score (nSPS) is 31.7. The number of amides is 2. The number of rotatable bonds is 5. The summed E-state index contributed by atoms with van der Waals surface area (Å²) in [5.41, 5.74) is 1.16. The molecule has 0 aliphatic heterocycles. The molecule has 0 heterocycles. The molecule has 1 aromatic rings. The van der Waals surface area contributed by atoms with Crippen LogP contribution in [0.5, 0.6) is 0 Å². The predicted molar refractivity (Wildman–Crippen MR) is 106 cm³/mol. The van der Waals surface area contributed by atoms with Crippen molar-refractivity contribution in [2.45, 2.75) is 51.1 Å². The van der Waals surface area contributed by atoms with Crippen LogP contribution in [0.25, 0.3) is 0 Å². The van der Waals surface area contributed by atoms with Gasteiger partial charge in [0.25, 0.3) is 0 Å². The molecule has 3 aliphatic carbocycles. The number of carbonyl (C=O) groups excluding carboxylic acids is 2. The molecule has 144 valence electrons. The second kappa shape index (κ2) is 7.87. The highest BCUT2D eigenvalue weighted by Crippen LogP contribution is 2.43. The van der Waals surface area contributed by atoms with Crippen LogP contribution in [0.2, 0.25) is 0 Å². The van der Waals surface area contributed by atoms with Crippen molar-refractivity contribution in [2.24, 2.45) is 23.7 Å². The van der Waals surface area contributed by atoms with Crippen molar-refractivity contribution >= 4 is 11.8 Å². The average molecular weight is 367 g/mol. The Balaban J connectivity index is 1.23. The van der Waals surface area contributed by atoms with Crippen LogP contribution in [0.3, 0.4) is 0 Å². The van der Waals surface area contributed by atoms with Crippen LogP contribution in [0.15, 0.2) is 42.5 Å². The lowest BCUT2D eigenvalue weighted by molar-refractivity contribution is -0.136. The molecule has 2 amide bonds. The number of nitrogens with one attached hydrogen (secondary N) is 1. The van der Waals surface area contributed by atoms with Crippen LogP contribution in [0.1, 0.15) is 44.1 Å². The predicted octanol–water partition coefficient (Wildman–Crippen LogP) is 3.53. The molecule has 4 heteroatoms. The molecule has 0 spiro atoms. The maximum absolute atomic E-state index is 12.8. The first-order valence-corrected chi connectivity index (χ1v) is 10.4. The van der Waals surface area contributed by atoms with Gasteiger partial charge in [-0.3, -0.25) is 9.59 Å². The Hall–Kier alpha value is -2.10. The van der Waals surface area contributed by atoms with E-state index >= 15 is 0 Å². The van der Waals surface area contributed by atoms with Gasteiger partial charge in [-0.05, 0) is 55.9 Å². The van der Waals surface area contributed by atoms with Gasteiger partial charge in [-0.2, -0.15) is 0 Å². The van der Waals surface area contributed by atoms with E-state index in [2.05, 4.69) is 29.6 Å². The highest BCUT2D eigenvalue weighted by atomic mass is 16.2. The molecule has 2 saturated carbocycles. The van der Waals surface area contributed by atoms with E-state index in [0.29, 0.717) is 18.4 Å². The molecule has 1 N–H and O–H groups in total. The van der Waals surface area contributed by atoms with E-state index in [0.717, 1.165) is 44.1 Å². The van der Waals surface area contributed by atoms with E-state index < -0.39 is 0 Å². The Bertz CT molecular complexity index is 706. The molecule has 3 atom stereocenters. The van der Waals surface area contributed by atoms with Crippen molar-refractivity contribution in [2.75, 3.05) is 7.05 Å². The highest BCUT2D eigenvalue weighted by molar-refractivity contribution is 5.81. The van der Waals surface area contributed by atoms with Crippen molar-refractivity contribution < 1.29 is 9.59 Å². The van der Waals surface area contributed by atoms with Gasteiger partial charge in [0.05, 0.1) is 0 Å². The number of hydrogen-bond donors (Lipinski definition) is 1. The number of benzene rings is 1. The molecular formula is C23H30N2O2. The Morgan fingerprint density at radius 2 is 1.78 bits per heavy atom. The van der Waals surface area contributed by atoms with E-state index in [1.165, 1.54) is 0 Å². The summed E-state index contributed by atoms with van der Waals surface area (Å²) in [6.07, 6.45) is 10.3. The maximum atomic E-state index is 12.8. The van der Waals surface area contributed by atoms with Gasteiger partial charge in [-0.25, -0.2) is 0 Å². The van der Waals surface area contributed by atoms with Crippen LogP contribution < -0.4 is 5.32 Å². The fourth-order valence-corrected chi connectivity index (χ4v) is 5.12. The minimum absolute atomic E-state index is 0.0947. The molecule has 2 bridgehead atoms. The van der Waals surface area contributed by atoms with Gasteiger partial charge in [-0.1, -0.05) is 42.5 Å². The van der Waals surface area contributed by atoms with Gasteiger partial charge in [0.2, 0.25) is 11.8 Å². The molecule has 2 fully saturated rings. The van der Waals surface area contributed by atoms with Gasteiger partial charge >= 0.3 is 0 Å². The quantitative estimate of drug-likeness (QED) is 0.811. The van der Waals surface area contributed by atoms with Crippen LogP contribution in [0, 0.1) is 23.7 Å². The summed E-state index contributed by atoms with van der Waals surface area (Å²) < 4.78 is 0. The molecule has 0 aromatic heterocycles. The second-order valence-electron chi connectivity index (χ2n) is 8.62. The number of fused-ring (bicyclic) bond motifs is 2. The Morgan fingerprint density at radius 1 is 1.04 bits per heavy atom. The molecule has 0 saturated heterocycles. The minimum Gasteiger partial charge on any atom is -0.353 e. The van der Waals surface area contributed by atoms with Crippen LogP contribution >= 0.6 is 0 Å². The summed E-state index contributed by atoms with van der Waals surface area (Å²) in [6, 6.07) is 10.4. The molecular weight excluding hydrogens is 336 g/mol. The third kappa shape index (κ3) is 4.10.